The number of rotatable bonds is 5. The first-order valence-corrected chi connectivity index (χ1v) is 9.91. The molecule has 0 unspecified atom stereocenters. The summed E-state index contributed by atoms with van der Waals surface area (Å²) in [4.78, 5) is 23.2. The smallest absolute Gasteiger partial charge is 0.322 e. The van der Waals surface area contributed by atoms with Crippen LogP contribution in [-0.2, 0) is 6.54 Å². The Morgan fingerprint density at radius 3 is 2.50 bits per heavy atom. The third-order valence-electron chi connectivity index (χ3n) is 4.59. The van der Waals surface area contributed by atoms with Gasteiger partial charge in [0.15, 0.2) is 0 Å². The van der Waals surface area contributed by atoms with Crippen molar-refractivity contribution in [1.82, 2.24) is 15.3 Å². The van der Waals surface area contributed by atoms with Gasteiger partial charge in [0.2, 0.25) is 5.88 Å². The van der Waals surface area contributed by atoms with Gasteiger partial charge in [-0.1, -0.05) is 18.2 Å². The number of anilines is 1. The van der Waals surface area contributed by atoms with Crippen molar-refractivity contribution in [2.24, 2.45) is 0 Å². The van der Waals surface area contributed by atoms with Crippen LogP contribution in [0.1, 0.15) is 37.5 Å². The highest BCUT2D eigenvalue weighted by Gasteiger charge is 2.22. The molecule has 0 saturated heterocycles. The fraction of sp³-hybridized carbons (Fsp3) is 0.292. The van der Waals surface area contributed by atoms with E-state index in [0.717, 1.165) is 22.4 Å². The van der Waals surface area contributed by atoms with Gasteiger partial charge in [-0.05, 0) is 69.5 Å². The first kappa shape index (κ1) is 21.3. The first-order chi connectivity index (χ1) is 14.2. The van der Waals surface area contributed by atoms with E-state index in [9.17, 15) is 4.79 Å². The molecule has 0 aliphatic heterocycles. The molecule has 0 fully saturated rings. The molecule has 156 valence electrons. The molecule has 3 rings (SSSR count). The van der Waals surface area contributed by atoms with Gasteiger partial charge >= 0.3 is 6.03 Å². The highest BCUT2D eigenvalue weighted by atomic mass is 16.5. The lowest BCUT2D eigenvalue weighted by atomic mass is 10.1. The zero-order valence-corrected chi connectivity index (χ0v) is 18.1. The normalized spacial score (nSPS) is 11.1. The Hall–Kier alpha value is -3.41. The van der Waals surface area contributed by atoms with Gasteiger partial charge < -0.3 is 10.1 Å². The molecular formula is C24H28N4O2. The van der Waals surface area contributed by atoms with Crippen LogP contribution in [0.3, 0.4) is 0 Å². The molecule has 0 atom stereocenters. The Labute approximate surface area is 177 Å². The fourth-order valence-electron chi connectivity index (χ4n) is 2.88. The summed E-state index contributed by atoms with van der Waals surface area (Å²) in [6, 6.07) is 13.1. The lowest BCUT2D eigenvalue weighted by Crippen LogP contribution is -2.48. The number of urea groups is 1. The molecule has 2 aromatic heterocycles. The van der Waals surface area contributed by atoms with Crippen molar-refractivity contribution in [1.29, 1.82) is 0 Å². The van der Waals surface area contributed by atoms with E-state index in [1.807, 2.05) is 71.0 Å². The molecule has 1 N–H and O–H groups in total. The number of aromatic nitrogens is 2. The van der Waals surface area contributed by atoms with E-state index >= 15 is 0 Å². The molecule has 30 heavy (non-hydrogen) atoms. The van der Waals surface area contributed by atoms with Crippen molar-refractivity contribution in [2.75, 3.05) is 4.90 Å². The van der Waals surface area contributed by atoms with Crippen LogP contribution in [0.4, 0.5) is 10.5 Å². The number of nitrogens with one attached hydrogen (secondary N) is 1. The molecular weight excluding hydrogens is 376 g/mol. The van der Waals surface area contributed by atoms with E-state index in [0.29, 0.717) is 18.1 Å². The average molecular weight is 405 g/mol. The minimum atomic E-state index is -0.358. The Morgan fingerprint density at radius 1 is 1.07 bits per heavy atom. The molecule has 0 aliphatic carbocycles. The topological polar surface area (TPSA) is 67.3 Å². The summed E-state index contributed by atoms with van der Waals surface area (Å²) in [7, 11) is 0. The number of hydrogen-bond acceptors (Lipinski definition) is 4. The summed E-state index contributed by atoms with van der Waals surface area (Å²) in [6.07, 6.45) is 5.12. The Kier molecular flexibility index (Phi) is 6.35. The van der Waals surface area contributed by atoms with Gasteiger partial charge in [0.05, 0.1) is 18.4 Å². The zero-order valence-electron chi connectivity index (χ0n) is 18.1. The van der Waals surface area contributed by atoms with Crippen LogP contribution in [-0.4, -0.2) is 21.5 Å². The van der Waals surface area contributed by atoms with Crippen molar-refractivity contribution < 1.29 is 9.53 Å². The second kappa shape index (κ2) is 8.95. The van der Waals surface area contributed by atoms with Gasteiger partial charge in [0.25, 0.3) is 0 Å². The molecule has 0 radical (unpaired) electrons. The zero-order chi connectivity index (χ0) is 21.7. The predicted octanol–water partition coefficient (Wildman–Crippen LogP) is 5.40. The summed E-state index contributed by atoms with van der Waals surface area (Å²) < 4.78 is 5.94. The molecule has 1 aromatic carbocycles. The van der Waals surface area contributed by atoms with Gasteiger partial charge in [-0.15, -0.1) is 0 Å². The van der Waals surface area contributed by atoms with Gasteiger partial charge in [0.1, 0.15) is 5.75 Å². The molecule has 0 saturated carbocycles. The summed E-state index contributed by atoms with van der Waals surface area (Å²) >= 11 is 0. The van der Waals surface area contributed by atoms with Gasteiger partial charge in [-0.25, -0.2) is 9.78 Å². The number of carbonyl (C=O) groups excluding carboxylic acids is 1. The largest absolute Gasteiger partial charge is 0.439 e. The van der Waals surface area contributed by atoms with Gasteiger partial charge in [-0.2, -0.15) is 0 Å². The van der Waals surface area contributed by atoms with Crippen LogP contribution in [0.25, 0.3) is 0 Å². The van der Waals surface area contributed by atoms with Gasteiger partial charge in [-0.3, -0.25) is 9.88 Å². The van der Waals surface area contributed by atoms with Crippen molar-refractivity contribution >= 4 is 11.7 Å². The monoisotopic (exact) mass is 404 g/mol. The maximum Gasteiger partial charge on any atom is 0.322 e. The van der Waals surface area contributed by atoms with Crippen molar-refractivity contribution in [3.63, 3.8) is 0 Å². The minimum absolute atomic E-state index is 0.198. The summed E-state index contributed by atoms with van der Waals surface area (Å²) in [5.74, 6) is 1.25. The van der Waals surface area contributed by atoms with Crippen LogP contribution >= 0.6 is 0 Å². The third kappa shape index (κ3) is 5.56. The van der Waals surface area contributed by atoms with Crippen molar-refractivity contribution in [2.45, 2.75) is 46.7 Å². The second-order valence-corrected chi connectivity index (χ2v) is 8.28. The molecule has 0 spiro atoms. The number of carbonyl (C=O) groups is 1. The van der Waals surface area contributed by atoms with Gasteiger partial charge in [0, 0.05) is 24.0 Å². The number of amides is 2. The Balaban J connectivity index is 1.84. The Morgan fingerprint density at radius 2 is 1.87 bits per heavy atom. The number of nitrogens with zero attached hydrogens (tertiary/aromatic N) is 3. The van der Waals surface area contributed by atoms with E-state index in [4.69, 9.17) is 4.74 Å². The van der Waals surface area contributed by atoms with E-state index in [-0.39, 0.29) is 11.6 Å². The maximum absolute atomic E-state index is 13.0. The van der Waals surface area contributed by atoms with Crippen LogP contribution in [0.2, 0.25) is 0 Å². The summed E-state index contributed by atoms with van der Waals surface area (Å²) in [5.41, 5.74) is 3.48. The standard InChI is InChI=1S/C24H28N4O2/c1-17-8-6-10-21(18(17)2)30-22-12-11-20(15-26-22)28(23(29)27-24(3,4)5)16-19-9-7-13-25-14-19/h6-15H,16H2,1-5H3,(H,27,29). The molecule has 6 heteroatoms. The van der Waals surface area contributed by atoms with Crippen LogP contribution < -0.4 is 15.0 Å². The number of ether oxygens (including phenoxy) is 1. The second-order valence-electron chi connectivity index (χ2n) is 8.28. The minimum Gasteiger partial charge on any atom is -0.439 e. The molecule has 6 nitrogen and oxygen atoms in total. The molecule has 2 heterocycles. The van der Waals surface area contributed by atoms with Crippen LogP contribution in [0, 0.1) is 13.8 Å². The van der Waals surface area contributed by atoms with E-state index < -0.39 is 0 Å². The van der Waals surface area contributed by atoms with E-state index in [1.165, 1.54) is 0 Å². The number of aryl methyl sites for hydroxylation is 1. The van der Waals surface area contributed by atoms with Crippen LogP contribution in [0.15, 0.2) is 61.1 Å². The lowest BCUT2D eigenvalue weighted by molar-refractivity contribution is 0.237. The fourth-order valence-corrected chi connectivity index (χ4v) is 2.88. The third-order valence-corrected chi connectivity index (χ3v) is 4.59. The molecule has 3 aromatic rings. The SMILES string of the molecule is Cc1cccc(Oc2ccc(N(Cc3cccnc3)C(=O)NC(C)(C)C)cn2)c1C. The van der Waals surface area contributed by atoms with Crippen LogP contribution in [0.5, 0.6) is 11.6 Å². The Bertz CT molecular complexity index is 996. The average Bonchev–Trinajstić information content (AvgIpc) is 2.70. The number of benzene rings is 1. The maximum atomic E-state index is 13.0. The van der Waals surface area contributed by atoms with E-state index in [2.05, 4.69) is 15.3 Å². The molecule has 0 aliphatic rings. The summed E-state index contributed by atoms with van der Waals surface area (Å²) in [6.45, 7) is 10.3. The van der Waals surface area contributed by atoms with Crippen molar-refractivity contribution in [3.05, 3.63) is 77.7 Å². The predicted molar refractivity (Wildman–Crippen MR) is 119 cm³/mol. The highest BCUT2D eigenvalue weighted by Crippen LogP contribution is 2.27. The van der Waals surface area contributed by atoms with E-state index in [1.54, 1.807) is 29.6 Å². The quantitative estimate of drug-likeness (QED) is 0.618. The number of pyridine rings is 2. The summed E-state index contributed by atoms with van der Waals surface area (Å²) in [5, 5.41) is 3.01. The highest BCUT2D eigenvalue weighted by molar-refractivity contribution is 5.92. The van der Waals surface area contributed by atoms with Crippen molar-refractivity contribution in [3.8, 4) is 11.6 Å². The number of hydrogen-bond donors (Lipinski definition) is 1. The lowest BCUT2D eigenvalue weighted by Gasteiger charge is -2.28. The molecule has 2 amide bonds. The molecule has 0 bridgehead atoms. The first-order valence-electron chi connectivity index (χ1n) is 9.91.